The monoisotopic (exact) mass is 404 g/mol. The van der Waals surface area contributed by atoms with Crippen LogP contribution in [0.3, 0.4) is 0 Å². The third-order valence-corrected chi connectivity index (χ3v) is 4.56. The van der Waals surface area contributed by atoms with Gasteiger partial charge >= 0.3 is 0 Å². The Labute approximate surface area is 174 Å². The number of aryl methyl sites for hydroxylation is 2. The second-order valence-electron chi connectivity index (χ2n) is 6.90. The van der Waals surface area contributed by atoms with Crippen molar-refractivity contribution in [2.45, 2.75) is 26.1 Å². The number of nitrogens with zero attached hydrogens (tertiary/aromatic N) is 6. The molecule has 3 heterocycles. The fraction of sp³-hybridized carbons (Fsp3) is 0.238. The van der Waals surface area contributed by atoms with Crippen LogP contribution >= 0.6 is 0 Å². The van der Waals surface area contributed by atoms with Gasteiger partial charge in [-0.1, -0.05) is 12.1 Å². The molecule has 0 atom stereocenters. The third-order valence-electron chi connectivity index (χ3n) is 4.56. The van der Waals surface area contributed by atoms with Crippen LogP contribution in [0.5, 0.6) is 0 Å². The number of nitrogen functional groups attached to an aromatic ring is 1. The highest BCUT2D eigenvalue weighted by Crippen LogP contribution is 2.21. The Hall–Kier alpha value is -3.72. The number of ether oxygens (including phenoxy) is 1. The molecule has 4 aromatic rings. The van der Waals surface area contributed by atoms with E-state index >= 15 is 0 Å². The van der Waals surface area contributed by atoms with E-state index in [0.29, 0.717) is 30.4 Å². The molecule has 0 fully saturated rings. The van der Waals surface area contributed by atoms with Gasteiger partial charge in [0.1, 0.15) is 5.82 Å². The fourth-order valence-corrected chi connectivity index (χ4v) is 3.04. The van der Waals surface area contributed by atoms with Crippen molar-refractivity contribution in [1.82, 2.24) is 29.5 Å². The summed E-state index contributed by atoms with van der Waals surface area (Å²) in [5.74, 6) is 1.26. The first-order valence-corrected chi connectivity index (χ1v) is 9.64. The lowest BCUT2D eigenvalue weighted by molar-refractivity contribution is 0.185. The van der Waals surface area contributed by atoms with Crippen molar-refractivity contribution in [1.29, 1.82) is 0 Å². The van der Waals surface area contributed by atoms with Crippen LogP contribution in [-0.2, 0) is 30.9 Å². The molecule has 3 aromatic heterocycles. The van der Waals surface area contributed by atoms with E-state index in [4.69, 9.17) is 10.5 Å². The number of nitrogens with one attached hydrogen (secondary N) is 1. The smallest absolute Gasteiger partial charge is 0.157 e. The molecular formula is C21H24N8O. The van der Waals surface area contributed by atoms with E-state index in [-0.39, 0.29) is 0 Å². The largest absolute Gasteiger partial charge is 0.394 e. The summed E-state index contributed by atoms with van der Waals surface area (Å²) in [6.45, 7) is 2.09. The predicted octanol–water partition coefficient (Wildman–Crippen LogP) is 2.63. The van der Waals surface area contributed by atoms with E-state index in [1.807, 2.05) is 58.3 Å². The molecule has 0 spiro atoms. The van der Waals surface area contributed by atoms with Gasteiger partial charge < -0.3 is 15.8 Å². The van der Waals surface area contributed by atoms with Crippen LogP contribution in [0.15, 0.2) is 61.3 Å². The molecule has 9 nitrogen and oxygen atoms in total. The summed E-state index contributed by atoms with van der Waals surface area (Å²) >= 11 is 0. The van der Waals surface area contributed by atoms with Crippen molar-refractivity contribution in [3.8, 4) is 0 Å². The zero-order valence-corrected chi connectivity index (χ0v) is 16.8. The maximum Gasteiger partial charge on any atom is 0.157 e. The number of anilines is 3. The molecule has 4 rings (SSSR count). The van der Waals surface area contributed by atoms with Gasteiger partial charge in [-0.15, -0.1) is 0 Å². The molecule has 0 aliphatic rings. The van der Waals surface area contributed by atoms with Crippen molar-refractivity contribution >= 4 is 17.2 Å². The van der Waals surface area contributed by atoms with Crippen LogP contribution in [0, 0.1) is 0 Å². The normalized spacial score (nSPS) is 11.0. The molecule has 3 N–H and O–H groups in total. The maximum atomic E-state index is 6.07. The van der Waals surface area contributed by atoms with Crippen molar-refractivity contribution in [2.24, 2.45) is 0 Å². The van der Waals surface area contributed by atoms with Gasteiger partial charge in [-0.2, -0.15) is 10.2 Å². The lowest BCUT2D eigenvalue weighted by atomic mass is 10.2. The highest BCUT2D eigenvalue weighted by molar-refractivity contribution is 5.67. The average molecular weight is 404 g/mol. The fourth-order valence-electron chi connectivity index (χ4n) is 3.04. The summed E-state index contributed by atoms with van der Waals surface area (Å²) in [6.07, 6.45) is 9.75. The summed E-state index contributed by atoms with van der Waals surface area (Å²) in [4.78, 5) is 8.96. The number of rotatable bonds is 9. The molecule has 0 saturated carbocycles. The van der Waals surface area contributed by atoms with Gasteiger partial charge in [0.2, 0.25) is 0 Å². The van der Waals surface area contributed by atoms with E-state index in [1.54, 1.807) is 19.5 Å². The van der Waals surface area contributed by atoms with Crippen molar-refractivity contribution in [3.63, 3.8) is 0 Å². The Morgan fingerprint density at radius 3 is 2.63 bits per heavy atom. The molecule has 0 aliphatic carbocycles. The first kappa shape index (κ1) is 19.6. The summed E-state index contributed by atoms with van der Waals surface area (Å²) in [5, 5.41) is 11.9. The number of nitrogens with two attached hydrogens (primary N) is 1. The van der Waals surface area contributed by atoms with Crippen LogP contribution in [0.2, 0.25) is 0 Å². The Kier molecular flexibility index (Phi) is 6.00. The van der Waals surface area contributed by atoms with Crippen LogP contribution in [0.1, 0.15) is 17.0 Å². The third kappa shape index (κ3) is 5.00. The van der Waals surface area contributed by atoms with Gasteiger partial charge in [-0.25, -0.2) is 9.97 Å². The number of hydrogen-bond donors (Lipinski definition) is 2. The van der Waals surface area contributed by atoms with Crippen LogP contribution in [0.4, 0.5) is 17.2 Å². The first-order chi connectivity index (χ1) is 14.7. The molecule has 1 aromatic carbocycles. The molecule has 0 bridgehead atoms. The lowest BCUT2D eigenvalue weighted by Crippen LogP contribution is -2.08. The maximum absolute atomic E-state index is 6.07. The number of hydrogen-bond acceptors (Lipinski definition) is 7. The van der Waals surface area contributed by atoms with Gasteiger partial charge in [0.25, 0.3) is 0 Å². The molecule has 9 heteroatoms. The average Bonchev–Trinajstić information content (AvgIpc) is 3.42. The van der Waals surface area contributed by atoms with Crippen LogP contribution < -0.4 is 11.1 Å². The van der Waals surface area contributed by atoms with E-state index < -0.39 is 0 Å². The summed E-state index contributed by atoms with van der Waals surface area (Å²) < 4.78 is 8.92. The van der Waals surface area contributed by atoms with Crippen LogP contribution in [-0.4, -0.2) is 36.6 Å². The molecular weight excluding hydrogens is 380 g/mol. The van der Waals surface area contributed by atoms with Gasteiger partial charge in [-0.05, 0) is 29.3 Å². The van der Waals surface area contributed by atoms with Gasteiger partial charge in [-0.3, -0.25) is 9.36 Å². The molecule has 0 unspecified atom stereocenters. The minimum Gasteiger partial charge on any atom is -0.394 e. The van der Waals surface area contributed by atoms with E-state index in [0.717, 1.165) is 29.9 Å². The lowest BCUT2D eigenvalue weighted by Gasteiger charge is -2.10. The summed E-state index contributed by atoms with van der Waals surface area (Å²) in [5.41, 5.74) is 9.60. The van der Waals surface area contributed by atoms with Gasteiger partial charge in [0, 0.05) is 37.8 Å². The minimum atomic E-state index is 0.495. The van der Waals surface area contributed by atoms with E-state index in [9.17, 15) is 0 Å². The second-order valence-corrected chi connectivity index (χ2v) is 6.90. The minimum absolute atomic E-state index is 0.495. The molecule has 0 aliphatic heterocycles. The molecule has 30 heavy (non-hydrogen) atoms. The molecule has 0 saturated heterocycles. The highest BCUT2D eigenvalue weighted by atomic mass is 16.5. The highest BCUT2D eigenvalue weighted by Gasteiger charge is 2.08. The SMILES string of the molecule is COCc1ccc(Nc2nc(Cc3cnn(CCn4cccn4)c3)ncc2N)cc1. The Bertz CT molecular complexity index is 1070. The molecule has 0 radical (unpaired) electrons. The summed E-state index contributed by atoms with van der Waals surface area (Å²) in [6, 6.07) is 9.86. The standard InChI is InChI=1S/C21H24N8O/c1-30-15-16-3-5-18(6-4-16)26-21-19(22)13-23-20(27-21)11-17-12-25-29(14-17)10-9-28-8-2-7-24-28/h2-8,12-14H,9-11,15,22H2,1H3,(H,23,26,27). The number of aromatic nitrogens is 6. The van der Waals surface area contributed by atoms with E-state index in [2.05, 4.69) is 25.5 Å². The Balaban J connectivity index is 1.40. The van der Waals surface area contributed by atoms with Crippen LogP contribution in [0.25, 0.3) is 0 Å². The first-order valence-electron chi connectivity index (χ1n) is 9.64. The number of methoxy groups -OCH3 is 1. The van der Waals surface area contributed by atoms with Crippen molar-refractivity contribution in [2.75, 3.05) is 18.2 Å². The van der Waals surface area contributed by atoms with Gasteiger partial charge in [0.05, 0.1) is 37.8 Å². The van der Waals surface area contributed by atoms with Crippen molar-refractivity contribution < 1.29 is 4.74 Å². The second kappa shape index (κ2) is 9.19. The zero-order valence-electron chi connectivity index (χ0n) is 16.8. The predicted molar refractivity (Wildman–Crippen MR) is 114 cm³/mol. The topological polar surface area (TPSA) is 109 Å². The number of benzene rings is 1. The van der Waals surface area contributed by atoms with Crippen molar-refractivity contribution in [3.05, 3.63) is 78.3 Å². The van der Waals surface area contributed by atoms with E-state index in [1.165, 1.54) is 0 Å². The quantitative estimate of drug-likeness (QED) is 0.441. The zero-order chi connectivity index (χ0) is 20.8. The Morgan fingerprint density at radius 1 is 1.03 bits per heavy atom. The molecule has 154 valence electrons. The summed E-state index contributed by atoms with van der Waals surface area (Å²) in [7, 11) is 1.68. The molecule has 0 amide bonds. The Morgan fingerprint density at radius 2 is 1.87 bits per heavy atom. The van der Waals surface area contributed by atoms with Gasteiger partial charge in [0.15, 0.2) is 5.82 Å².